The largest absolute Gasteiger partial charge is 0.508 e. The third-order valence-electron chi connectivity index (χ3n) is 3.48. The topological polar surface area (TPSA) is 40.5 Å². The Morgan fingerprint density at radius 2 is 1.91 bits per heavy atom. The normalized spacial score (nSPS) is 16.9. The van der Waals surface area contributed by atoms with E-state index in [1.165, 1.54) is 22.7 Å². The van der Waals surface area contributed by atoms with Crippen molar-refractivity contribution in [2.45, 2.75) is 6.92 Å². The molecule has 1 fully saturated rings. The summed E-state index contributed by atoms with van der Waals surface area (Å²) in [6.07, 6.45) is 0. The molecule has 0 bridgehead atoms. The number of allylic oxidation sites excluding steroid dienone is 1. The number of phenols is 1. The van der Waals surface area contributed by atoms with Gasteiger partial charge in [0.05, 0.1) is 10.6 Å². The van der Waals surface area contributed by atoms with Gasteiger partial charge in [-0.3, -0.25) is 9.69 Å². The first-order valence-corrected chi connectivity index (χ1v) is 8.40. The summed E-state index contributed by atoms with van der Waals surface area (Å²) in [6.45, 7) is 1.89. The van der Waals surface area contributed by atoms with Gasteiger partial charge in [0.2, 0.25) is 0 Å². The molecule has 1 aliphatic rings. The molecule has 0 aromatic heterocycles. The van der Waals surface area contributed by atoms with E-state index in [2.05, 4.69) is 0 Å². The van der Waals surface area contributed by atoms with E-state index in [0.717, 1.165) is 11.1 Å². The highest BCUT2D eigenvalue weighted by Crippen LogP contribution is 2.39. The monoisotopic (exact) mass is 361 g/mol. The van der Waals surface area contributed by atoms with Crippen molar-refractivity contribution in [3.05, 3.63) is 64.0 Å². The highest BCUT2D eigenvalue weighted by molar-refractivity contribution is 8.27. The summed E-state index contributed by atoms with van der Waals surface area (Å²) in [7, 11) is 0. The summed E-state index contributed by atoms with van der Waals surface area (Å²) in [6, 6.07) is 13.8. The number of halogens is 1. The van der Waals surface area contributed by atoms with Gasteiger partial charge in [0.25, 0.3) is 5.91 Å². The molecule has 1 saturated heterocycles. The number of hydrogen-bond acceptors (Lipinski definition) is 4. The van der Waals surface area contributed by atoms with E-state index in [4.69, 9.17) is 23.8 Å². The third kappa shape index (κ3) is 3.13. The molecule has 0 saturated carbocycles. The minimum Gasteiger partial charge on any atom is -0.508 e. The molecule has 23 heavy (non-hydrogen) atoms. The van der Waals surface area contributed by atoms with Crippen molar-refractivity contribution < 1.29 is 9.90 Å². The van der Waals surface area contributed by atoms with Crippen LogP contribution in [0.25, 0.3) is 5.57 Å². The fourth-order valence-corrected chi connectivity index (χ4v) is 3.75. The molecule has 1 heterocycles. The first-order chi connectivity index (χ1) is 11.0. The Hall–Kier alpha value is -1.82. The Morgan fingerprint density at radius 1 is 1.22 bits per heavy atom. The third-order valence-corrected chi connectivity index (χ3v) is 5.20. The molecular formula is C17H12ClNO2S2. The second-order valence-corrected chi connectivity index (χ2v) is 7.07. The molecule has 0 aliphatic carbocycles. The Kier molecular flexibility index (Phi) is 4.43. The highest BCUT2D eigenvalue weighted by atomic mass is 35.5. The van der Waals surface area contributed by atoms with Crippen LogP contribution in [0.15, 0.2) is 53.4 Å². The van der Waals surface area contributed by atoms with Gasteiger partial charge in [-0.1, -0.05) is 53.8 Å². The van der Waals surface area contributed by atoms with Gasteiger partial charge in [0.15, 0.2) is 4.32 Å². The summed E-state index contributed by atoms with van der Waals surface area (Å²) in [5.41, 5.74) is 2.33. The van der Waals surface area contributed by atoms with Crippen molar-refractivity contribution in [1.29, 1.82) is 0 Å². The van der Waals surface area contributed by atoms with E-state index in [9.17, 15) is 9.90 Å². The fourth-order valence-electron chi connectivity index (χ4n) is 2.28. The van der Waals surface area contributed by atoms with Crippen molar-refractivity contribution in [1.82, 2.24) is 0 Å². The quantitative estimate of drug-likeness (QED) is 0.613. The maximum absolute atomic E-state index is 12.8. The van der Waals surface area contributed by atoms with Crippen molar-refractivity contribution in [2.24, 2.45) is 0 Å². The number of hydrogen-bond donors (Lipinski definition) is 1. The molecule has 2 aromatic carbocycles. The molecule has 0 unspecified atom stereocenters. The van der Waals surface area contributed by atoms with E-state index in [1.807, 2.05) is 19.1 Å². The number of thiocarbonyl (C=S) groups is 1. The number of anilines is 1. The van der Waals surface area contributed by atoms with E-state index >= 15 is 0 Å². The van der Waals surface area contributed by atoms with Gasteiger partial charge in [-0.2, -0.15) is 0 Å². The number of thioether (sulfide) groups is 1. The van der Waals surface area contributed by atoms with Gasteiger partial charge in [-0.05, 0) is 42.3 Å². The van der Waals surface area contributed by atoms with E-state index in [0.29, 0.717) is 19.9 Å². The number of carbonyl (C=O) groups is 1. The summed E-state index contributed by atoms with van der Waals surface area (Å²) in [4.78, 5) is 14.8. The maximum atomic E-state index is 12.8. The van der Waals surface area contributed by atoms with Crippen LogP contribution in [0, 0.1) is 0 Å². The SMILES string of the molecule is CC(=C1SC(=S)N(c2cccc(O)c2)C1=O)c1ccc(Cl)cc1. The molecule has 1 aliphatic heterocycles. The zero-order valence-corrected chi connectivity index (χ0v) is 14.5. The second kappa shape index (κ2) is 6.35. The van der Waals surface area contributed by atoms with E-state index in [-0.39, 0.29) is 11.7 Å². The van der Waals surface area contributed by atoms with Crippen LogP contribution in [-0.2, 0) is 4.79 Å². The number of amides is 1. The molecule has 1 amide bonds. The Labute approximate surface area is 148 Å². The molecule has 6 heteroatoms. The number of phenolic OH excluding ortho intramolecular Hbond substituents is 1. The lowest BCUT2D eigenvalue weighted by atomic mass is 10.1. The fraction of sp³-hybridized carbons (Fsp3) is 0.0588. The van der Waals surface area contributed by atoms with Gasteiger partial charge in [0, 0.05) is 11.1 Å². The van der Waals surface area contributed by atoms with Crippen LogP contribution < -0.4 is 4.90 Å². The summed E-state index contributed by atoms with van der Waals surface area (Å²) in [5, 5.41) is 10.3. The first-order valence-electron chi connectivity index (χ1n) is 6.79. The molecule has 0 radical (unpaired) electrons. The first kappa shape index (κ1) is 16.1. The van der Waals surface area contributed by atoms with Crippen LogP contribution in [0.1, 0.15) is 12.5 Å². The average molecular weight is 362 g/mol. The van der Waals surface area contributed by atoms with Crippen LogP contribution in [-0.4, -0.2) is 15.3 Å². The lowest BCUT2D eigenvalue weighted by Gasteiger charge is -2.14. The summed E-state index contributed by atoms with van der Waals surface area (Å²) in [5.74, 6) is -0.0898. The van der Waals surface area contributed by atoms with Crippen molar-refractivity contribution in [3.8, 4) is 5.75 Å². The zero-order valence-electron chi connectivity index (χ0n) is 12.1. The lowest BCUT2D eigenvalue weighted by molar-refractivity contribution is -0.113. The number of nitrogens with zero attached hydrogens (tertiary/aromatic N) is 1. The molecule has 0 spiro atoms. The number of rotatable bonds is 2. The number of carbonyl (C=O) groups excluding carboxylic acids is 1. The van der Waals surface area contributed by atoms with Crippen molar-refractivity contribution in [3.63, 3.8) is 0 Å². The van der Waals surface area contributed by atoms with E-state index < -0.39 is 0 Å². The van der Waals surface area contributed by atoms with Gasteiger partial charge in [-0.15, -0.1) is 0 Å². The standard InChI is InChI=1S/C17H12ClNO2S2/c1-10(11-5-7-12(18)8-6-11)15-16(21)19(17(22)23-15)13-3-2-4-14(20)9-13/h2-9,20H,1H3. The Bertz CT molecular complexity index is 831. The minimum atomic E-state index is -0.182. The second-order valence-electron chi connectivity index (χ2n) is 4.99. The average Bonchev–Trinajstić information content (AvgIpc) is 2.82. The van der Waals surface area contributed by atoms with E-state index in [1.54, 1.807) is 30.3 Å². The van der Waals surface area contributed by atoms with Crippen LogP contribution in [0.3, 0.4) is 0 Å². The molecule has 2 aromatic rings. The summed E-state index contributed by atoms with van der Waals surface area (Å²) < 4.78 is 0.448. The van der Waals surface area contributed by atoms with Gasteiger partial charge < -0.3 is 5.11 Å². The molecular weight excluding hydrogens is 350 g/mol. The van der Waals surface area contributed by atoms with Crippen molar-refractivity contribution >= 4 is 57.1 Å². The maximum Gasteiger partial charge on any atom is 0.271 e. The van der Waals surface area contributed by atoms with Gasteiger partial charge >= 0.3 is 0 Å². The lowest BCUT2D eigenvalue weighted by Crippen LogP contribution is -2.27. The van der Waals surface area contributed by atoms with Crippen LogP contribution in [0.4, 0.5) is 5.69 Å². The van der Waals surface area contributed by atoms with Crippen LogP contribution in [0.5, 0.6) is 5.75 Å². The Balaban J connectivity index is 2.00. The molecule has 3 rings (SSSR count). The molecule has 1 N–H and O–H groups in total. The van der Waals surface area contributed by atoms with Gasteiger partial charge in [-0.25, -0.2) is 0 Å². The minimum absolute atomic E-state index is 0.0925. The number of benzene rings is 2. The van der Waals surface area contributed by atoms with Crippen LogP contribution in [0.2, 0.25) is 5.02 Å². The molecule has 116 valence electrons. The Morgan fingerprint density at radius 3 is 2.57 bits per heavy atom. The smallest absolute Gasteiger partial charge is 0.271 e. The predicted octanol–water partition coefficient (Wildman–Crippen LogP) is 4.84. The number of aromatic hydroxyl groups is 1. The molecule has 3 nitrogen and oxygen atoms in total. The zero-order chi connectivity index (χ0) is 16.6. The highest BCUT2D eigenvalue weighted by Gasteiger charge is 2.35. The predicted molar refractivity (Wildman–Crippen MR) is 99.8 cm³/mol. The van der Waals surface area contributed by atoms with Crippen LogP contribution >= 0.6 is 35.6 Å². The van der Waals surface area contributed by atoms with Crippen molar-refractivity contribution in [2.75, 3.05) is 4.90 Å². The summed E-state index contributed by atoms with van der Waals surface area (Å²) >= 11 is 12.5. The molecule has 0 atom stereocenters. The van der Waals surface area contributed by atoms with Gasteiger partial charge in [0.1, 0.15) is 5.75 Å².